The van der Waals surface area contributed by atoms with Crippen molar-refractivity contribution in [3.05, 3.63) is 98.3 Å². The first-order chi connectivity index (χ1) is 18.5. The van der Waals surface area contributed by atoms with E-state index in [1.165, 1.54) is 0 Å². The summed E-state index contributed by atoms with van der Waals surface area (Å²) in [5.41, 5.74) is 9.08. The molecule has 0 amide bonds. The number of hydrogen-bond donors (Lipinski definition) is 0. The molecule has 7 rings (SSSR count). The summed E-state index contributed by atoms with van der Waals surface area (Å²) >= 11 is 11.1. The zero-order chi connectivity index (χ0) is 26.0. The summed E-state index contributed by atoms with van der Waals surface area (Å²) in [6.45, 7) is 0. The minimum Gasteiger partial charge on any atom is -0.212 e. The Morgan fingerprint density at radius 1 is 0.500 bits per heavy atom. The Kier molecular flexibility index (Phi) is 5.72. The minimum absolute atomic E-state index is 0.588. The van der Waals surface area contributed by atoms with Crippen molar-refractivity contribution in [2.45, 2.75) is 0 Å². The van der Waals surface area contributed by atoms with Gasteiger partial charge in [-0.2, -0.15) is 0 Å². The second-order valence-corrected chi connectivity index (χ2v) is 11.3. The fourth-order valence-electron chi connectivity index (χ4n) is 4.96. The monoisotopic (exact) mass is 682 g/mol. The lowest BCUT2D eigenvalue weighted by atomic mass is 9.89. The Morgan fingerprint density at radius 3 is 1.42 bits per heavy atom. The third-order valence-corrected chi connectivity index (χ3v) is 8.51. The van der Waals surface area contributed by atoms with E-state index in [-0.39, 0.29) is 0 Å². The van der Waals surface area contributed by atoms with Crippen molar-refractivity contribution in [1.82, 2.24) is 30.0 Å². The molecule has 1 aliphatic carbocycles. The SMILES string of the molecule is [B]c1cccc(Br)c1-n1nnc2c1-c1ccccc1-c1nnn(-c3c(Br)cccc3Br)c1-c1ccccc1-2. The van der Waals surface area contributed by atoms with Crippen molar-refractivity contribution in [1.29, 1.82) is 0 Å². The number of nitrogens with zero attached hydrogens (tertiary/aromatic N) is 6. The average Bonchev–Trinajstić information content (AvgIpc) is 3.52. The number of fused-ring (bicyclic) bond motifs is 8. The fraction of sp³-hybridized carbons (Fsp3) is 0. The molecule has 0 saturated heterocycles. The largest absolute Gasteiger partial charge is 0.212 e. The first-order valence-electron chi connectivity index (χ1n) is 11.6. The molecular formula is C28H14BBr3N6. The van der Waals surface area contributed by atoms with E-state index in [1.54, 1.807) is 0 Å². The highest BCUT2D eigenvalue weighted by atomic mass is 79.9. The van der Waals surface area contributed by atoms with Gasteiger partial charge in [0.05, 0.1) is 11.4 Å². The summed E-state index contributed by atoms with van der Waals surface area (Å²) < 4.78 is 6.29. The van der Waals surface area contributed by atoms with Crippen molar-refractivity contribution in [2.24, 2.45) is 0 Å². The Morgan fingerprint density at radius 2 is 0.921 bits per heavy atom. The standard InChI is InChI=1S/C28H14BBr3N6/c29-19-11-5-12-20(30)27(19)37-25-17-9-3-1-7-15(17)24-26(18-10-4-2-8-16(18)23(25)33-35-37)38(36-34-24)28-21(31)13-6-14-22(28)32/h1-14H. The third-order valence-electron chi connectivity index (χ3n) is 6.59. The van der Waals surface area contributed by atoms with Crippen molar-refractivity contribution in [3.63, 3.8) is 0 Å². The van der Waals surface area contributed by atoms with E-state index >= 15 is 0 Å². The molecule has 2 aromatic heterocycles. The van der Waals surface area contributed by atoms with Crippen LogP contribution in [-0.2, 0) is 0 Å². The fourth-order valence-corrected chi connectivity index (χ4v) is 6.85. The molecule has 4 aromatic carbocycles. The van der Waals surface area contributed by atoms with Crippen LogP contribution < -0.4 is 5.46 Å². The lowest BCUT2D eigenvalue weighted by molar-refractivity contribution is 0.802. The van der Waals surface area contributed by atoms with Gasteiger partial charge in [-0.05, 0) is 66.0 Å². The maximum Gasteiger partial charge on any atom is 0.122 e. The van der Waals surface area contributed by atoms with E-state index in [9.17, 15) is 0 Å². The summed E-state index contributed by atoms with van der Waals surface area (Å²) in [7, 11) is 6.45. The van der Waals surface area contributed by atoms with Crippen LogP contribution in [0, 0.1) is 0 Å². The molecule has 0 atom stereocenters. The van der Waals surface area contributed by atoms with E-state index in [1.807, 2.05) is 70.0 Å². The van der Waals surface area contributed by atoms with Gasteiger partial charge in [0, 0.05) is 35.7 Å². The first kappa shape index (κ1) is 23.8. The number of rotatable bonds is 2. The lowest BCUT2D eigenvalue weighted by Crippen LogP contribution is -2.15. The van der Waals surface area contributed by atoms with Crippen LogP contribution in [0.25, 0.3) is 56.4 Å². The van der Waals surface area contributed by atoms with Crippen molar-refractivity contribution < 1.29 is 0 Å². The van der Waals surface area contributed by atoms with Crippen molar-refractivity contribution in [2.75, 3.05) is 0 Å². The highest BCUT2D eigenvalue weighted by Gasteiger charge is 2.31. The van der Waals surface area contributed by atoms with E-state index in [2.05, 4.69) is 82.5 Å². The van der Waals surface area contributed by atoms with Gasteiger partial charge in [0.2, 0.25) is 0 Å². The molecule has 6 aromatic rings. The van der Waals surface area contributed by atoms with Gasteiger partial charge in [0.1, 0.15) is 30.6 Å². The van der Waals surface area contributed by atoms with Gasteiger partial charge in [-0.3, -0.25) is 0 Å². The van der Waals surface area contributed by atoms with Gasteiger partial charge in [0.15, 0.2) is 0 Å². The molecule has 180 valence electrons. The summed E-state index contributed by atoms with van der Waals surface area (Å²) in [5, 5.41) is 18.7. The smallest absolute Gasteiger partial charge is 0.122 e. The Balaban J connectivity index is 1.62. The molecule has 38 heavy (non-hydrogen) atoms. The van der Waals surface area contributed by atoms with E-state index in [0.29, 0.717) is 5.46 Å². The Labute approximate surface area is 244 Å². The molecular weight excluding hydrogens is 671 g/mol. The molecule has 6 nitrogen and oxygen atoms in total. The number of benzene rings is 4. The molecule has 2 heterocycles. The zero-order valence-corrected chi connectivity index (χ0v) is 24.2. The minimum atomic E-state index is 0.588. The summed E-state index contributed by atoms with van der Waals surface area (Å²) in [5.74, 6) is 0. The van der Waals surface area contributed by atoms with Gasteiger partial charge >= 0.3 is 0 Å². The topological polar surface area (TPSA) is 61.4 Å². The maximum absolute atomic E-state index is 6.45. The Hall–Kier alpha value is -3.34. The molecule has 1 aliphatic rings. The lowest BCUT2D eigenvalue weighted by Gasteiger charge is -2.20. The van der Waals surface area contributed by atoms with E-state index in [4.69, 9.17) is 18.0 Å². The molecule has 0 aliphatic heterocycles. The van der Waals surface area contributed by atoms with Crippen LogP contribution in [0.4, 0.5) is 0 Å². The van der Waals surface area contributed by atoms with Crippen molar-refractivity contribution in [3.8, 4) is 56.4 Å². The van der Waals surface area contributed by atoms with Gasteiger partial charge in [-0.15, -0.1) is 10.2 Å². The van der Waals surface area contributed by atoms with E-state index in [0.717, 1.165) is 69.8 Å². The zero-order valence-electron chi connectivity index (χ0n) is 19.5. The third kappa shape index (κ3) is 3.51. The van der Waals surface area contributed by atoms with Crippen LogP contribution in [0.15, 0.2) is 98.3 Å². The van der Waals surface area contributed by atoms with E-state index < -0.39 is 0 Å². The molecule has 2 radical (unpaired) electrons. The number of hydrogen-bond acceptors (Lipinski definition) is 4. The number of aromatic nitrogens is 6. The Bertz CT molecular complexity index is 1720. The molecule has 10 heteroatoms. The van der Waals surface area contributed by atoms with Crippen LogP contribution in [-0.4, -0.2) is 37.8 Å². The van der Waals surface area contributed by atoms with Gasteiger partial charge < -0.3 is 0 Å². The second-order valence-electron chi connectivity index (χ2n) is 8.74. The normalized spacial score (nSPS) is 11.7. The van der Waals surface area contributed by atoms with Gasteiger partial charge in [-0.1, -0.05) is 82.6 Å². The summed E-state index contributed by atoms with van der Waals surface area (Å²) in [4.78, 5) is 0. The summed E-state index contributed by atoms with van der Waals surface area (Å²) in [6, 6.07) is 27.9. The van der Waals surface area contributed by atoms with Gasteiger partial charge in [0.25, 0.3) is 0 Å². The average molecular weight is 685 g/mol. The number of halogens is 3. The molecule has 0 unspecified atom stereocenters. The predicted octanol–water partition coefficient (Wildman–Crippen LogP) is 6.91. The van der Waals surface area contributed by atoms with Gasteiger partial charge in [-0.25, -0.2) is 9.36 Å². The highest BCUT2D eigenvalue weighted by Crippen LogP contribution is 2.47. The first-order valence-corrected chi connectivity index (χ1v) is 14.0. The van der Waals surface area contributed by atoms with Crippen LogP contribution >= 0.6 is 47.8 Å². The molecule has 0 N–H and O–H groups in total. The highest BCUT2D eigenvalue weighted by molar-refractivity contribution is 9.11. The molecule has 0 spiro atoms. The van der Waals surface area contributed by atoms with Crippen LogP contribution in [0.2, 0.25) is 0 Å². The molecule has 0 fully saturated rings. The molecule has 0 bridgehead atoms. The van der Waals surface area contributed by atoms with Crippen LogP contribution in [0.3, 0.4) is 0 Å². The van der Waals surface area contributed by atoms with Crippen molar-refractivity contribution >= 4 is 61.1 Å². The quantitative estimate of drug-likeness (QED) is 0.186. The van der Waals surface area contributed by atoms with Crippen LogP contribution in [0.5, 0.6) is 0 Å². The second kappa shape index (κ2) is 9.15. The summed E-state index contributed by atoms with van der Waals surface area (Å²) in [6.07, 6.45) is 0. The maximum atomic E-state index is 6.45. The number of para-hydroxylation sites is 2. The predicted molar refractivity (Wildman–Crippen MR) is 160 cm³/mol. The molecule has 0 saturated carbocycles. The van der Waals surface area contributed by atoms with Crippen LogP contribution in [0.1, 0.15) is 0 Å².